The van der Waals surface area contributed by atoms with Crippen LogP contribution in [0.3, 0.4) is 0 Å². The molecular weight excluding hydrogens is 311 g/mol. The normalized spacial score (nSPS) is 10.5. The number of ether oxygens (including phenoxy) is 1. The van der Waals surface area contributed by atoms with Crippen LogP contribution in [0.4, 0.5) is 17.3 Å². The number of hydrogen-bond donors (Lipinski definition) is 2. The molecule has 2 rings (SSSR count). The van der Waals surface area contributed by atoms with Gasteiger partial charge < -0.3 is 15.4 Å². The Morgan fingerprint density at radius 3 is 2.43 bits per heavy atom. The third kappa shape index (κ3) is 4.20. The number of para-hydroxylation sites is 1. The van der Waals surface area contributed by atoms with Crippen molar-refractivity contribution in [3.05, 3.63) is 40.1 Å². The van der Waals surface area contributed by atoms with Crippen LogP contribution in [0.5, 0.6) is 0 Å². The lowest BCUT2D eigenvalue weighted by Gasteiger charge is -2.12. The van der Waals surface area contributed by atoms with Crippen molar-refractivity contribution in [2.75, 3.05) is 24.3 Å². The van der Waals surface area contributed by atoms with Gasteiger partial charge in [0, 0.05) is 19.7 Å². The first kappa shape index (κ1) is 15.8. The fourth-order valence-electron chi connectivity index (χ4n) is 1.77. The zero-order valence-corrected chi connectivity index (χ0v) is 13.3. The van der Waals surface area contributed by atoms with Crippen molar-refractivity contribution in [2.24, 2.45) is 0 Å². The van der Waals surface area contributed by atoms with Gasteiger partial charge in [-0.25, -0.2) is 9.97 Å². The molecular formula is C14H16Cl2N4O. The van der Waals surface area contributed by atoms with Gasteiger partial charge >= 0.3 is 0 Å². The molecule has 0 spiro atoms. The number of aromatic nitrogens is 2. The molecule has 0 unspecified atom stereocenters. The Morgan fingerprint density at radius 2 is 1.81 bits per heavy atom. The Kier molecular flexibility index (Phi) is 5.61. The van der Waals surface area contributed by atoms with Crippen LogP contribution in [0.2, 0.25) is 10.0 Å². The molecule has 0 aliphatic rings. The Hall–Kier alpha value is -1.56. The molecule has 1 heterocycles. The summed E-state index contributed by atoms with van der Waals surface area (Å²) in [4.78, 5) is 8.72. The Labute approximate surface area is 133 Å². The van der Waals surface area contributed by atoms with Gasteiger partial charge in [-0.05, 0) is 19.1 Å². The molecule has 0 saturated heterocycles. The summed E-state index contributed by atoms with van der Waals surface area (Å²) in [6, 6.07) is 7.11. The molecule has 0 amide bonds. The van der Waals surface area contributed by atoms with E-state index in [4.69, 9.17) is 27.9 Å². The van der Waals surface area contributed by atoms with Crippen LogP contribution < -0.4 is 10.6 Å². The van der Waals surface area contributed by atoms with Crippen LogP contribution in [0.25, 0.3) is 0 Å². The maximum Gasteiger partial charge on any atom is 0.158 e. The van der Waals surface area contributed by atoms with E-state index in [0.29, 0.717) is 39.8 Å². The summed E-state index contributed by atoms with van der Waals surface area (Å²) in [5.41, 5.74) is 0.616. The van der Waals surface area contributed by atoms with Gasteiger partial charge in [-0.1, -0.05) is 29.3 Å². The number of methoxy groups -OCH3 is 1. The van der Waals surface area contributed by atoms with E-state index >= 15 is 0 Å². The highest BCUT2D eigenvalue weighted by Gasteiger charge is 2.09. The average Bonchev–Trinajstić information content (AvgIpc) is 2.44. The number of nitrogens with zero attached hydrogens (tertiary/aromatic N) is 2. The first-order valence-electron chi connectivity index (χ1n) is 6.45. The summed E-state index contributed by atoms with van der Waals surface area (Å²) in [5.74, 6) is 1.88. The van der Waals surface area contributed by atoms with E-state index in [1.165, 1.54) is 0 Å². The van der Waals surface area contributed by atoms with E-state index in [9.17, 15) is 0 Å². The molecule has 0 aliphatic heterocycles. The smallest absolute Gasteiger partial charge is 0.158 e. The summed E-state index contributed by atoms with van der Waals surface area (Å²) < 4.78 is 5.08. The van der Waals surface area contributed by atoms with Gasteiger partial charge in [0.2, 0.25) is 0 Å². The van der Waals surface area contributed by atoms with Crippen LogP contribution in [-0.4, -0.2) is 23.6 Å². The molecule has 21 heavy (non-hydrogen) atoms. The lowest BCUT2D eigenvalue weighted by atomic mass is 10.3. The van der Waals surface area contributed by atoms with Gasteiger partial charge in [-0.2, -0.15) is 0 Å². The van der Waals surface area contributed by atoms with E-state index in [1.807, 2.05) is 6.92 Å². The van der Waals surface area contributed by atoms with E-state index in [0.717, 1.165) is 6.54 Å². The van der Waals surface area contributed by atoms with Crippen molar-refractivity contribution in [2.45, 2.75) is 13.5 Å². The Bertz CT molecular complexity index is 577. The highest BCUT2D eigenvalue weighted by molar-refractivity contribution is 6.39. The number of rotatable bonds is 6. The topological polar surface area (TPSA) is 59.1 Å². The molecule has 0 atom stereocenters. The second-order valence-electron chi connectivity index (χ2n) is 4.24. The van der Waals surface area contributed by atoms with E-state index in [1.54, 1.807) is 31.4 Å². The highest BCUT2D eigenvalue weighted by atomic mass is 35.5. The van der Waals surface area contributed by atoms with E-state index in [-0.39, 0.29) is 0 Å². The first-order valence-corrected chi connectivity index (χ1v) is 7.21. The minimum atomic E-state index is 0.324. The number of hydrogen-bond acceptors (Lipinski definition) is 5. The monoisotopic (exact) mass is 326 g/mol. The second kappa shape index (κ2) is 7.45. The van der Waals surface area contributed by atoms with Crippen LogP contribution >= 0.6 is 23.2 Å². The second-order valence-corrected chi connectivity index (χ2v) is 5.05. The van der Waals surface area contributed by atoms with Gasteiger partial charge in [0.1, 0.15) is 18.2 Å². The van der Waals surface area contributed by atoms with Gasteiger partial charge in [0.05, 0.1) is 15.7 Å². The molecule has 5 nitrogen and oxygen atoms in total. The van der Waals surface area contributed by atoms with Gasteiger partial charge in [0.15, 0.2) is 5.82 Å². The number of benzene rings is 1. The van der Waals surface area contributed by atoms with Crippen LogP contribution in [0.15, 0.2) is 24.3 Å². The summed E-state index contributed by atoms with van der Waals surface area (Å²) in [6.45, 7) is 3.08. The summed E-state index contributed by atoms with van der Waals surface area (Å²) in [5, 5.41) is 7.33. The predicted molar refractivity (Wildman–Crippen MR) is 86.7 cm³/mol. The zero-order valence-electron chi connectivity index (χ0n) is 11.8. The molecule has 2 aromatic rings. The lowest BCUT2D eigenvalue weighted by molar-refractivity contribution is 0.178. The highest BCUT2D eigenvalue weighted by Crippen LogP contribution is 2.32. The molecule has 0 aliphatic carbocycles. The predicted octanol–water partition coefficient (Wildman–Crippen LogP) is 4.11. The number of anilines is 3. The summed E-state index contributed by atoms with van der Waals surface area (Å²) in [6.07, 6.45) is 0. The third-order valence-electron chi connectivity index (χ3n) is 2.62. The van der Waals surface area contributed by atoms with Crippen molar-refractivity contribution in [3.8, 4) is 0 Å². The molecule has 1 aromatic heterocycles. The Morgan fingerprint density at radius 1 is 1.14 bits per heavy atom. The van der Waals surface area contributed by atoms with Crippen molar-refractivity contribution in [3.63, 3.8) is 0 Å². The molecule has 112 valence electrons. The van der Waals surface area contributed by atoms with Crippen molar-refractivity contribution in [1.82, 2.24) is 9.97 Å². The van der Waals surface area contributed by atoms with Gasteiger partial charge in [0.25, 0.3) is 0 Å². The van der Waals surface area contributed by atoms with E-state index < -0.39 is 0 Å². The molecule has 2 N–H and O–H groups in total. The average molecular weight is 327 g/mol. The van der Waals surface area contributed by atoms with Gasteiger partial charge in [-0.15, -0.1) is 0 Å². The maximum absolute atomic E-state index is 6.15. The van der Waals surface area contributed by atoms with Crippen LogP contribution in [0, 0.1) is 0 Å². The summed E-state index contributed by atoms with van der Waals surface area (Å²) in [7, 11) is 1.60. The quantitative estimate of drug-likeness (QED) is 0.836. The minimum absolute atomic E-state index is 0.324. The molecule has 0 fully saturated rings. The number of halogens is 2. The fourth-order valence-corrected chi connectivity index (χ4v) is 2.26. The van der Waals surface area contributed by atoms with E-state index in [2.05, 4.69) is 20.6 Å². The third-order valence-corrected chi connectivity index (χ3v) is 3.25. The fraction of sp³-hybridized carbons (Fsp3) is 0.286. The van der Waals surface area contributed by atoms with Crippen LogP contribution in [0.1, 0.15) is 12.7 Å². The lowest BCUT2D eigenvalue weighted by Crippen LogP contribution is -2.07. The summed E-state index contributed by atoms with van der Waals surface area (Å²) >= 11 is 12.3. The molecule has 0 radical (unpaired) electrons. The Balaban J connectivity index is 2.34. The minimum Gasteiger partial charge on any atom is -0.377 e. The SMILES string of the molecule is CCNc1cc(Nc2c(Cl)cccc2Cl)nc(COC)n1. The van der Waals surface area contributed by atoms with Gasteiger partial charge in [-0.3, -0.25) is 0 Å². The molecule has 0 saturated carbocycles. The van der Waals surface area contributed by atoms with Crippen molar-refractivity contribution < 1.29 is 4.74 Å². The number of nitrogens with one attached hydrogen (secondary N) is 2. The first-order chi connectivity index (χ1) is 10.1. The largest absolute Gasteiger partial charge is 0.377 e. The van der Waals surface area contributed by atoms with Crippen LogP contribution in [-0.2, 0) is 11.3 Å². The zero-order chi connectivity index (χ0) is 15.2. The van der Waals surface area contributed by atoms with Crippen molar-refractivity contribution in [1.29, 1.82) is 0 Å². The van der Waals surface area contributed by atoms with Crippen molar-refractivity contribution >= 4 is 40.5 Å². The maximum atomic E-state index is 6.15. The molecule has 0 bridgehead atoms. The standard InChI is InChI=1S/C14H16Cl2N4O/c1-3-17-11-7-12(19-13(18-11)8-21-2)20-14-9(15)5-4-6-10(14)16/h4-7H,3,8H2,1-2H3,(H2,17,18,19,20). The molecule has 1 aromatic carbocycles. The molecule has 7 heteroatoms.